The number of carbonyl (C=O) groups is 1. The maximum absolute atomic E-state index is 12.2. The Morgan fingerprint density at radius 1 is 1.14 bits per heavy atom. The topological polar surface area (TPSA) is 41.1 Å². The molecule has 22 heavy (non-hydrogen) atoms. The van der Waals surface area contributed by atoms with Gasteiger partial charge in [0.05, 0.1) is 0 Å². The summed E-state index contributed by atoms with van der Waals surface area (Å²) in [6, 6.07) is 10.5. The molecule has 0 aromatic heterocycles. The number of aryl methyl sites for hydroxylation is 1. The fourth-order valence-electron chi connectivity index (χ4n) is 3.63. The minimum atomic E-state index is 0. The molecular formula is C18H29ClN2O. The lowest BCUT2D eigenvalue weighted by Gasteiger charge is -2.46. The van der Waals surface area contributed by atoms with Gasteiger partial charge in [-0.3, -0.25) is 4.79 Å². The Balaban J connectivity index is 0.00000242. The van der Waals surface area contributed by atoms with E-state index in [1.807, 2.05) is 18.2 Å². The highest BCUT2D eigenvalue weighted by Crippen LogP contribution is 2.28. The minimum Gasteiger partial charge on any atom is -0.353 e. The molecule has 1 aliphatic rings. The summed E-state index contributed by atoms with van der Waals surface area (Å²) in [5.41, 5.74) is 1.36. The molecule has 0 radical (unpaired) electrons. The molecule has 1 aromatic rings. The van der Waals surface area contributed by atoms with Gasteiger partial charge in [0.2, 0.25) is 5.91 Å². The first-order chi connectivity index (χ1) is 9.76. The third-order valence-electron chi connectivity index (χ3n) is 4.04. The van der Waals surface area contributed by atoms with Gasteiger partial charge in [-0.2, -0.15) is 0 Å². The summed E-state index contributed by atoms with van der Waals surface area (Å²) in [4.78, 5) is 12.2. The number of hydrogen-bond acceptors (Lipinski definition) is 2. The van der Waals surface area contributed by atoms with E-state index in [-0.39, 0.29) is 35.4 Å². The van der Waals surface area contributed by atoms with E-state index in [1.54, 1.807) is 0 Å². The second-order valence-electron chi connectivity index (χ2n) is 7.55. The molecule has 4 heteroatoms. The van der Waals surface area contributed by atoms with Gasteiger partial charge in [0.25, 0.3) is 0 Å². The SMILES string of the molecule is CC1(C)CC(NC(=O)CCc2ccccc2)CC(C)(C)N1.Cl. The maximum atomic E-state index is 12.2. The van der Waals surface area contributed by atoms with Crippen molar-refractivity contribution < 1.29 is 4.79 Å². The van der Waals surface area contributed by atoms with E-state index >= 15 is 0 Å². The van der Waals surface area contributed by atoms with Crippen LogP contribution in [0.3, 0.4) is 0 Å². The van der Waals surface area contributed by atoms with Crippen LogP contribution in [0.15, 0.2) is 30.3 Å². The van der Waals surface area contributed by atoms with Crippen molar-refractivity contribution in [3.63, 3.8) is 0 Å². The molecule has 3 nitrogen and oxygen atoms in total. The third-order valence-corrected chi connectivity index (χ3v) is 4.04. The van der Waals surface area contributed by atoms with Crippen molar-refractivity contribution >= 4 is 18.3 Å². The van der Waals surface area contributed by atoms with Crippen molar-refractivity contribution in [3.05, 3.63) is 35.9 Å². The summed E-state index contributed by atoms with van der Waals surface area (Å²) in [6.45, 7) is 8.82. The highest BCUT2D eigenvalue weighted by molar-refractivity contribution is 5.85. The first kappa shape index (κ1) is 19.0. The fourth-order valence-corrected chi connectivity index (χ4v) is 3.63. The first-order valence-corrected chi connectivity index (χ1v) is 7.88. The van der Waals surface area contributed by atoms with Gasteiger partial charge in [-0.25, -0.2) is 0 Å². The van der Waals surface area contributed by atoms with Crippen molar-refractivity contribution in [2.45, 2.75) is 70.5 Å². The summed E-state index contributed by atoms with van der Waals surface area (Å²) >= 11 is 0. The summed E-state index contributed by atoms with van der Waals surface area (Å²) in [5, 5.41) is 6.86. The molecule has 0 saturated carbocycles. The van der Waals surface area contributed by atoms with Gasteiger partial charge in [-0.15, -0.1) is 12.4 Å². The number of amides is 1. The molecule has 0 bridgehead atoms. The van der Waals surface area contributed by atoms with Gasteiger partial charge in [0.15, 0.2) is 0 Å². The summed E-state index contributed by atoms with van der Waals surface area (Å²) in [6.07, 6.45) is 3.33. The first-order valence-electron chi connectivity index (χ1n) is 7.88. The Bertz CT molecular complexity index is 469. The number of halogens is 1. The molecule has 1 heterocycles. The van der Waals surface area contributed by atoms with E-state index < -0.39 is 0 Å². The average Bonchev–Trinajstić information content (AvgIpc) is 2.33. The lowest BCUT2D eigenvalue weighted by molar-refractivity contribution is -0.122. The van der Waals surface area contributed by atoms with Crippen molar-refractivity contribution in [2.24, 2.45) is 0 Å². The van der Waals surface area contributed by atoms with Crippen LogP contribution < -0.4 is 10.6 Å². The number of carbonyl (C=O) groups excluding carboxylic acids is 1. The van der Waals surface area contributed by atoms with E-state index in [0.29, 0.717) is 6.42 Å². The third kappa shape index (κ3) is 5.98. The maximum Gasteiger partial charge on any atom is 0.220 e. The Hall–Kier alpha value is -1.06. The van der Waals surface area contributed by atoms with Crippen LogP contribution in [-0.4, -0.2) is 23.0 Å². The van der Waals surface area contributed by atoms with E-state index in [4.69, 9.17) is 0 Å². The second-order valence-corrected chi connectivity index (χ2v) is 7.55. The lowest BCUT2D eigenvalue weighted by Crippen LogP contribution is -2.62. The predicted octanol–water partition coefficient (Wildman–Crippen LogP) is 3.47. The molecule has 1 amide bonds. The van der Waals surface area contributed by atoms with Crippen molar-refractivity contribution in [3.8, 4) is 0 Å². The molecule has 0 spiro atoms. The summed E-state index contributed by atoms with van der Waals surface area (Å²) in [5.74, 6) is 0.164. The van der Waals surface area contributed by atoms with Crippen molar-refractivity contribution in [1.82, 2.24) is 10.6 Å². The second kappa shape index (κ2) is 7.47. The van der Waals surface area contributed by atoms with Gasteiger partial charge in [0.1, 0.15) is 0 Å². The Morgan fingerprint density at radius 3 is 2.23 bits per heavy atom. The van der Waals surface area contributed by atoms with Crippen molar-refractivity contribution in [2.75, 3.05) is 0 Å². The molecule has 1 saturated heterocycles. The van der Waals surface area contributed by atoms with Gasteiger partial charge in [0, 0.05) is 23.5 Å². The number of benzene rings is 1. The zero-order valence-corrected chi connectivity index (χ0v) is 14.9. The van der Waals surface area contributed by atoms with E-state index in [2.05, 4.69) is 50.5 Å². The highest BCUT2D eigenvalue weighted by atomic mass is 35.5. The molecule has 0 atom stereocenters. The smallest absolute Gasteiger partial charge is 0.220 e. The minimum absolute atomic E-state index is 0. The van der Waals surface area contributed by atoms with Crippen molar-refractivity contribution in [1.29, 1.82) is 0 Å². The van der Waals surface area contributed by atoms with E-state index in [1.165, 1.54) is 5.56 Å². The zero-order chi connectivity index (χ0) is 15.5. The van der Waals surface area contributed by atoms with Gasteiger partial charge >= 0.3 is 0 Å². The Labute approximate surface area is 140 Å². The molecule has 0 unspecified atom stereocenters. The number of rotatable bonds is 4. The van der Waals surface area contributed by atoms with Crippen LogP contribution in [0, 0.1) is 0 Å². The Morgan fingerprint density at radius 2 is 1.68 bits per heavy atom. The van der Waals surface area contributed by atoms with Gasteiger partial charge in [-0.1, -0.05) is 30.3 Å². The lowest BCUT2D eigenvalue weighted by atomic mass is 9.79. The number of hydrogen-bond donors (Lipinski definition) is 2. The van der Waals surface area contributed by atoms with Gasteiger partial charge in [-0.05, 0) is 52.5 Å². The van der Waals surface area contributed by atoms with Crippen LogP contribution in [0.25, 0.3) is 0 Å². The molecule has 124 valence electrons. The largest absolute Gasteiger partial charge is 0.353 e. The fraction of sp³-hybridized carbons (Fsp3) is 0.611. The normalized spacial score (nSPS) is 20.0. The van der Waals surface area contributed by atoms with Crippen LogP contribution in [0.2, 0.25) is 0 Å². The zero-order valence-electron chi connectivity index (χ0n) is 14.1. The molecule has 1 aromatic carbocycles. The van der Waals surface area contributed by atoms with Crippen LogP contribution in [0.4, 0.5) is 0 Å². The molecular weight excluding hydrogens is 296 g/mol. The number of piperidine rings is 1. The molecule has 0 aliphatic carbocycles. The van der Waals surface area contributed by atoms with Gasteiger partial charge < -0.3 is 10.6 Å². The van der Waals surface area contributed by atoms with Crippen LogP contribution in [-0.2, 0) is 11.2 Å². The summed E-state index contributed by atoms with van der Waals surface area (Å²) in [7, 11) is 0. The Kier molecular flexibility index (Phi) is 6.45. The van der Waals surface area contributed by atoms with E-state index in [9.17, 15) is 4.79 Å². The van der Waals surface area contributed by atoms with Crippen LogP contribution >= 0.6 is 12.4 Å². The molecule has 1 fully saturated rings. The quantitative estimate of drug-likeness (QED) is 0.890. The molecule has 2 rings (SSSR count). The molecule has 2 N–H and O–H groups in total. The number of nitrogens with one attached hydrogen (secondary N) is 2. The summed E-state index contributed by atoms with van der Waals surface area (Å²) < 4.78 is 0. The molecule has 1 aliphatic heterocycles. The monoisotopic (exact) mass is 324 g/mol. The average molecular weight is 325 g/mol. The van der Waals surface area contributed by atoms with E-state index in [0.717, 1.165) is 19.3 Å². The van der Waals surface area contributed by atoms with Crippen LogP contribution in [0.1, 0.15) is 52.5 Å². The predicted molar refractivity (Wildman–Crippen MR) is 94.5 cm³/mol. The highest BCUT2D eigenvalue weighted by Gasteiger charge is 2.37. The standard InChI is InChI=1S/C18H28N2O.ClH/c1-17(2)12-15(13-18(3,4)20-17)19-16(21)11-10-14-8-6-5-7-9-14;/h5-9,15,20H,10-13H2,1-4H3,(H,19,21);1H. The van der Waals surface area contributed by atoms with Crippen LogP contribution in [0.5, 0.6) is 0 Å².